The third-order valence-corrected chi connectivity index (χ3v) is 2.52. The van der Waals surface area contributed by atoms with Gasteiger partial charge in [0.05, 0.1) is 6.10 Å². The summed E-state index contributed by atoms with van der Waals surface area (Å²) in [5.41, 5.74) is 6.63. The fourth-order valence-electron chi connectivity index (χ4n) is 1.55. The van der Waals surface area contributed by atoms with Gasteiger partial charge in [-0.15, -0.1) is 0 Å². The van der Waals surface area contributed by atoms with E-state index in [9.17, 15) is 4.39 Å². The zero-order chi connectivity index (χ0) is 12.8. The molecule has 0 heterocycles. The Bertz CT molecular complexity index is 355. The highest BCUT2D eigenvalue weighted by Crippen LogP contribution is 2.26. The number of nitrogens with two attached hydrogens (primary N) is 1. The molecule has 0 fully saturated rings. The minimum Gasteiger partial charge on any atom is -0.490 e. The lowest BCUT2D eigenvalue weighted by molar-refractivity contribution is 0.134. The second kappa shape index (κ2) is 6.57. The van der Waals surface area contributed by atoms with E-state index in [1.807, 2.05) is 13.8 Å². The number of rotatable bonds is 6. The molecule has 0 aliphatic carbocycles. The smallest absolute Gasteiger partial charge is 0.127 e. The van der Waals surface area contributed by atoms with Gasteiger partial charge >= 0.3 is 0 Å². The van der Waals surface area contributed by atoms with Gasteiger partial charge in [-0.2, -0.15) is 0 Å². The normalized spacial score (nSPS) is 14.4. The quantitative estimate of drug-likeness (QED) is 0.832. The van der Waals surface area contributed by atoms with Gasteiger partial charge in [-0.25, -0.2) is 4.39 Å². The van der Waals surface area contributed by atoms with Crippen molar-refractivity contribution in [1.29, 1.82) is 0 Å². The van der Waals surface area contributed by atoms with Crippen LogP contribution in [-0.2, 0) is 4.74 Å². The molecule has 0 aliphatic heterocycles. The molecule has 2 atom stereocenters. The maximum atomic E-state index is 13.2. The molecule has 2 N–H and O–H groups in total. The third kappa shape index (κ3) is 4.32. The van der Waals surface area contributed by atoms with Gasteiger partial charge < -0.3 is 15.2 Å². The van der Waals surface area contributed by atoms with Gasteiger partial charge in [-0.05, 0) is 19.9 Å². The molecule has 96 valence electrons. The van der Waals surface area contributed by atoms with E-state index in [2.05, 4.69) is 0 Å². The second-order valence-electron chi connectivity index (χ2n) is 4.18. The monoisotopic (exact) mass is 241 g/mol. The van der Waals surface area contributed by atoms with Gasteiger partial charge in [0, 0.05) is 37.8 Å². The lowest BCUT2D eigenvalue weighted by Crippen LogP contribution is -2.17. The fraction of sp³-hybridized carbons (Fsp3) is 0.538. The highest BCUT2D eigenvalue weighted by atomic mass is 19.1. The molecule has 4 heteroatoms. The fourth-order valence-corrected chi connectivity index (χ4v) is 1.55. The Morgan fingerprint density at radius 1 is 1.35 bits per heavy atom. The lowest BCUT2D eigenvalue weighted by atomic mass is 10.1. The molecule has 0 amide bonds. The molecule has 0 radical (unpaired) electrons. The van der Waals surface area contributed by atoms with Crippen molar-refractivity contribution in [2.24, 2.45) is 5.73 Å². The Hall–Kier alpha value is -1.13. The van der Waals surface area contributed by atoms with Gasteiger partial charge in [0.25, 0.3) is 0 Å². The maximum Gasteiger partial charge on any atom is 0.127 e. The standard InChI is InChI=1S/C13H20FNO2/c1-9(6-7-16-3)17-13-8-11(14)4-5-12(13)10(2)15/h4-5,8-10H,6-7,15H2,1-3H3/t9?,10-/m1/s1. The first-order valence-electron chi connectivity index (χ1n) is 5.75. The van der Waals surface area contributed by atoms with Crippen LogP contribution in [0.3, 0.4) is 0 Å². The van der Waals surface area contributed by atoms with Crippen LogP contribution in [0, 0.1) is 5.82 Å². The van der Waals surface area contributed by atoms with Crippen LogP contribution >= 0.6 is 0 Å². The minimum absolute atomic E-state index is 0.0331. The van der Waals surface area contributed by atoms with E-state index in [0.29, 0.717) is 12.4 Å². The van der Waals surface area contributed by atoms with Crippen LogP contribution in [0.4, 0.5) is 4.39 Å². The minimum atomic E-state index is -0.316. The summed E-state index contributed by atoms with van der Waals surface area (Å²) in [4.78, 5) is 0. The first-order valence-corrected chi connectivity index (χ1v) is 5.75. The zero-order valence-electron chi connectivity index (χ0n) is 10.6. The van der Waals surface area contributed by atoms with Gasteiger partial charge in [-0.1, -0.05) is 6.07 Å². The van der Waals surface area contributed by atoms with Crippen LogP contribution in [0.15, 0.2) is 18.2 Å². The highest BCUT2D eigenvalue weighted by Gasteiger charge is 2.12. The Morgan fingerprint density at radius 3 is 2.65 bits per heavy atom. The molecule has 3 nitrogen and oxygen atoms in total. The van der Waals surface area contributed by atoms with Crippen LogP contribution < -0.4 is 10.5 Å². The van der Waals surface area contributed by atoms with Crippen molar-refractivity contribution in [2.45, 2.75) is 32.4 Å². The number of halogens is 1. The maximum absolute atomic E-state index is 13.2. The van der Waals surface area contributed by atoms with Gasteiger partial charge in [-0.3, -0.25) is 0 Å². The predicted molar refractivity (Wildman–Crippen MR) is 65.6 cm³/mol. The molecule has 0 aliphatic rings. The number of methoxy groups -OCH3 is 1. The third-order valence-electron chi connectivity index (χ3n) is 2.52. The van der Waals surface area contributed by atoms with E-state index in [-0.39, 0.29) is 18.0 Å². The topological polar surface area (TPSA) is 44.5 Å². The summed E-state index contributed by atoms with van der Waals surface area (Å²) in [7, 11) is 1.64. The zero-order valence-corrected chi connectivity index (χ0v) is 10.6. The molecule has 0 aromatic heterocycles. The molecular formula is C13H20FNO2. The van der Waals surface area contributed by atoms with E-state index < -0.39 is 0 Å². The van der Waals surface area contributed by atoms with Crippen molar-refractivity contribution < 1.29 is 13.9 Å². The molecule has 0 spiro atoms. The van der Waals surface area contributed by atoms with Gasteiger partial charge in [0.2, 0.25) is 0 Å². The Balaban J connectivity index is 2.77. The van der Waals surface area contributed by atoms with E-state index in [4.69, 9.17) is 15.2 Å². The SMILES string of the molecule is COCCC(C)Oc1cc(F)ccc1[C@@H](C)N. The van der Waals surface area contributed by atoms with Crippen molar-refractivity contribution in [2.75, 3.05) is 13.7 Å². The Labute approximate surface area is 102 Å². The van der Waals surface area contributed by atoms with E-state index in [1.54, 1.807) is 13.2 Å². The molecule has 1 rings (SSSR count). The number of hydrogen-bond donors (Lipinski definition) is 1. The molecule has 0 saturated heterocycles. The summed E-state index contributed by atoms with van der Waals surface area (Å²) in [6.07, 6.45) is 0.722. The first kappa shape index (κ1) is 13.9. The molecule has 1 aromatic rings. The van der Waals surface area contributed by atoms with Gasteiger partial charge in [0.1, 0.15) is 11.6 Å². The van der Waals surface area contributed by atoms with Crippen LogP contribution in [0.2, 0.25) is 0 Å². The van der Waals surface area contributed by atoms with Crippen LogP contribution in [0.1, 0.15) is 31.9 Å². The molecule has 0 bridgehead atoms. The second-order valence-corrected chi connectivity index (χ2v) is 4.18. The summed E-state index contributed by atoms with van der Waals surface area (Å²) in [6, 6.07) is 4.26. The first-order chi connectivity index (χ1) is 8.04. The largest absolute Gasteiger partial charge is 0.490 e. The summed E-state index contributed by atoms with van der Waals surface area (Å²) in [5.74, 6) is 0.201. The van der Waals surface area contributed by atoms with Crippen LogP contribution in [0.25, 0.3) is 0 Å². The van der Waals surface area contributed by atoms with Crippen molar-refractivity contribution in [3.8, 4) is 5.75 Å². The van der Waals surface area contributed by atoms with Crippen molar-refractivity contribution >= 4 is 0 Å². The molecule has 0 saturated carbocycles. The Morgan fingerprint density at radius 2 is 2.06 bits per heavy atom. The van der Waals surface area contributed by atoms with Crippen molar-refractivity contribution in [1.82, 2.24) is 0 Å². The van der Waals surface area contributed by atoms with E-state index in [1.165, 1.54) is 12.1 Å². The lowest BCUT2D eigenvalue weighted by Gasteiger charge is -2.18. The van der Waals surface area contributed by atoms with E-state index >= 15 is 0 Å². The van der Waals surface area contributed by atoms with Gasteiger partial charge in [0.15, 0.2) is 0 Å². The average Bonchev–Trinajstić information content (AvgIpc) is 2.26. The highest BCUT2D eigenvalue weighted by molar-refractivity contribution is 5.36. The van der Waals surface area contributed by atoms with Crippen molar-refractivity contribution in [3.05, 3.63) is 29.6 Å². The molecule has 17 heavy (non-hydrogen) atoms. The number of benzene rings is 1. The molecule has 1 aromatic carbocycles. The van der Waals surface area contributed by atoms with Crippen molar-refractivity contribution in [3.63, 3.8) is 0 Å². The summed E-state index contributed by atoms with van der Waals surface area (Å²) in [5, 5.41) is 0. The predicted octanol–water partition coefficient (Wildman–Crippen LogP) is 2.65. The summed E-state index contributed by atoms with van der Waals surface area (Å²) >= 11 is 0. The number of ether oxygens (including phenoxy) is 2. The average molecular weight is 241 g/mol. The van der Waals surface area contributed by atoms with E-state index in [0.717, 1.165) is 12.0 Å². The molecular weight excluding hydrogens is 221 g/mol. The van der Waals surface area contributed by atoms with Crippen LogP contribution in [0.5, 0.6) is 5.75 Å². The van der Waals surface area contributed by atoms with Crippen LogP contribution in [-0.4, -0.2) is 19.8 Å². The summed E-state index contributed by atoms with van der Waals surface area (Å²) in [6.45, 7) is 4.39. The molecule has 1 unspecified atom stereocenters. The summed E-state index contributed by atoms with van der Waals surface area (Å²) < 4.78 is 23.8. The Kier molecular flexibility index (Phi) is 5.38. The number of hydrogen-bond acceptors (Lipinski definition) is 3.